The topological polar surface area (TPSA) is 373 Å². The van der Waals surface area contributed by atoms with Crippen LogP contribution in [0.2, 0.25) is 0 Å². The molecule has 408 valence electrons. The summed E-state index contributed by atoms with van der Waals surface area (Å²) in [7, 11) is 0. The van der Waals surface area contributed by atoms with Gasteiger partial charge in [0.1, 0.15) is 30.8 Å². The summed E-state index contributed by atoms with van der Waals surface area (Å²) in [6.07, 6.45) is 0.529. The maximum absolute atomic E-state index is 14.4. The molecule has 3 rings (SSSR count). The standard InChI is InChI=1S/C51H69N9O15/c1-32(61)54-24-6-4-8-40(58-51(72)41(56-33(2)62)18-20-45(52)66)44(65)28-36(43(64)29-37(42(63)19-21-46(53)67)27-35-11-16-39(17-12-35)60(73)74)7-3-5-25-55-47(68)30-75-31-48(69)57-38-14-9-34(10-15-38)13-22-49(70)59-26-23-50(59)71/h9-12,14-17,36-37,40-41H,3-8,13,18-31H2,1-2H3,(H2,52,66)(H2,53,67)(H,54,61)(H,55,68)(H,56,62)(H,57,69)(H,58,72)/t36-,37-,40+,41+/m1/s1. The number of nitro benzene ring substituents is 1. The van der Waals surface area contributed by atoms with Gasteiger partial charge in [0.25, 0.3) is 5.69 Å². The van der Waals surface area contributed by atoms with E-state index >= 15 is 0 Å². The van der Waals surface area contributed by atoms with Gasteiger partial charge in [-0.05, 0) is 74.6 Å². The molecule has 0 radical (unpaired) electrons. The number of unbranched alkanes of at least 4 members (excludes halogenated alkanes) is 2. The summed E-state index contributed by atoms with van der Waals surface area (Å²) in [6, 6.07) is 9.71. The number of nitro groups is 1. The number of nitrogens with zero attached hydrogens (tertiary/aromatic N) is 2. The molecule has 1 fully saturated rings. The van der Waals surface area contributed by atoms with Gasteiger partial charge in [0.2, 0.25) is 53.2 Å². The summed E-state index contributed by atoms with van der Waals surface area (Å²) in [6.45, 7) is 2.41. The zero-order chi connectivity index (χ0) is 55.5. The van der Waals surface area contributed by atoms with Crippen LogP contribution >= 0.6 is 0 Å². The van der Waals surface area contributed by atoms with Gasteiger partial charge in [-0.3, -0.25) is 72.5 Å². The van der Waals surface area contributed by atoms with Crippen molar-refractivity contribution in [2.75, 3.05) is 38.2 Å². The first-order valence-electron chi connectivity index (χ1n) is 24.9. The maximum Gasteiger partial charge on any atom is 0.269 e. The van der Waals surface area contributed by atoms with E-state index in [1.54, 1.807) is 24.3 Å². The second-order valence-electron chi connectivity index (χ2n) is 18.4. The highest BCUT2D eigenvalue weighted by molar-refractivity contribution is 5.99. The molecule has 24 heteroatoms. The van der Waals surface area contributed by atoms with Crippen molar-refractivity contribution in [1.82, 2.24) is 26.2 Å². The average molecular weight is 1050 g/mol. The van der Waals surface area contributed by atoms with E-state index in [1.165, 1.54) is 43.0 Å². The summed E-state index contributed by atoms with van der Waals surface area (Å²) >= 11 is 0. The van der Waals surface area contributed by atoms with Crippen molar-refractivity contribution in [2.45, 2.75) is 129 Å². The van der Waals surface area contributed by atoms with E-state index < -0.39 is 108 Å². The number of non-ortho nitro benzene ring substituents is 1. The third-order valence-electron chi connectivity index (χ3n) is 12.2. The first-order chi connectivity index (χ1) is 35.6. The van der Waals surface area contributed by atoms with E-state index in [0.717, 1.165) is 5.56 Å². The number of rotatable bonds is 37. The number of hydrogen-bond donors (Lipinski definition) is 7. The van der Waals surface area contributed by atoms with Crippen LogP contribution < -0.4 is 38.1 Å². The fraction of sp³-hybridized carbons (Fsp3) is 0.529. The van der Waals surface area contributed by atoms with E-state index in [-0.39, 0.29) is 94.3 Å². The van der Waals surface area contributed by atoms with E-state index in [4.69, 9.17) is 16.2 Å². The second-order valence-corrected chi connectivity index (χ2v) is 18.4. The zero-order valence-electron chi connectivity index (χ0n) is 42.5. The van der Waals surface area contributed by atoms with Crippen molar-refractivity contribution in [3.8, 4) is 0 Å². The third-order valence-corrected chi connectivity index (χ3v) is 12.2. The van der Waals surface area contributed by atoms with Gasteiger partial charge >= 0.3 is 0 Å². The Kier molecular flexibility index (Phi) is 26.6. The fourth-order valence-corrected chi connectivity index (χ4v) is 8.03. The number of hydrogen-bond acceptors (Lipinski definition) is 15. The first kappa shape index (κ1) is 61.5. The molecule has 75 heavy (non-hydrogen) atoms. The van der Waals surface area contributed by atoms with Crippen LogP contribution in [0.15, 0.2) is 48.5 Å². The number of ether oxygens (including phenoxy) is 1. The molecule has 0 unspecified atom stereocenters. The monoisotopic (exact) mass is 1050 g/mol. The van der Waals surface area contributed by atoms with Gasteiger partial charge in [0.05, 0.1) is 11.0 Å². The van der Waals surface area contributed by atoms with Crippen LogP contribution in [0.5, 0.6) is 0 Å². The van der Waals surface area contributed by atoms with Crippen LogP contribution in [-0.4, -0.2) is 125 Å². The van der Waals surface area contributed by atoms with Gasteiger partial charge in [-0.15, -0.1) is 0 Å². The lowest BCUT2D eigenvalue weighted by Gasteiger charge is -2.28. The number of anilines is 1. The number of carbonyl (C=O) groups is 12. The predicted octanol–water partition coefficient (Wildman–Crippen LogP) is 1.32. The summed E-state index contributed by atoms with van der Waals surface area (Å²) in [5.41, 5.74) is 12.2. The molecular formula is C51H69N9O15. The van der Waals surface area contributed by atoms with E-state index in [9.17, 15) is 67.6 Å². The minimum atomic E-state index is -1.24. The van der Waals surface area contributed by atoms with Crippen molar-refractivity contribution in [2.24, 2.45) is 23.3 Å². The number of imide groups is 1. The van der Waals surface area contributed by atoms with Gasteiger partial charge in [-0.1, -0.05) is 30.7 Å². The maximum atomic E-state index is 14.4. The number of benzene rings is 2. The van der Waals surface area contributed by atoms with Crippen LogP contribution in [0.25, 0.3) is 0 Å². The molecule has 2 aromatic carbocycles. The van der Waals surface area contributed by atoms with Crippen molar-refractivity contribution < 1.29 is 67.2 Å². The van der Waals surface area contributed by atoms with Crippen LogP contribution in [0.4, 0.5) is 11.4 Å². The Balaban J connectivity index is 1.70. The molecule has 24 nitrogen and oxygen atoms in total. The third kappa shape index (κ3) is 24.2. The number of nitrogens with two attached hydrogens (primary N) is 2. The number of aryl methyl sites for hydroxylation is 1. The Morgan fingerprint density at radius 3 is 1.85 bits per heavy atom. The Bertz CT molecular complexity index is 2380. The molecule has 0 aromatic heterocycles. The van der Waals surface area contributed by atoms with E-state index in [1.807, 2.05) is 0 Å². The highest BCUT2D eigenvalue weighted by atomic mass is 16.6. The molecular weight excluding hydrogens is 979 g/mol. The van der Waals surface area contributed by atoms with Gasteiger partial charge in [-0.2, -0.15) is 0 Å². The van der Waals surface area contributed by atoms with E-state index in [2.05, 4.69) is 26.6 Å². The number of ketones is 3. The molecule has 0 bridgehead atoms. The summed E-state index contributed by atoms with van der Waals surface area (Å²) in [5.74, 6) is -8.23. The summed E-state index contributed by atoms with van der Waals surface area (Å²) in [4.78, 5) is 163. The number of amides is 9. The molecule has 4 atom stereocenters. The van der Waals surface area contributed by atoms with Crippen molar-refractivity contribution >= 4 is 81.9 Å². The number of primary amides is 2. The molecule has 2 aromatic rings. The Hall–Kier alpha value is -7.76. The molecule has 1 aliphatic heterocycles. The largest absolute Gasteiger partial charge is 0.370 e. The molecule has 9 amide bonds. The fourth-order valence-electron chi connectivity index (χ4n) is 8.03. The van der Waals surface area contributed by atoms with Gasteiger partial charge in [-0.25, -0.2) is 0 Å². The molecule has 0 aliphatic carbocycles. The number of β-lactam (4-membered cyclic amide) rings is 1. The van der Waals surface area contributed by atoms with Gasteiger partial charge in [0, 0.05) is 108 Å². The quantitative estimate of drug-likeness (QED) is 0.0217. The highest BCUT2D eigenvalue weighted by Gasteiger charge is 2.33. The molecule has 1 aliphatic rings. The Labute approximate surface area is 434 Å². The average Bonchev–Trinajstić information content (AvgIpc) is 3.34. The lowest BCUT2D eigenvalue weighted by atomic mass is 9.81. The SMILES string of the molecule is CC(=O)NCCCC[C@H](NC(=O)[C@H](CCC(N)=O)NC(C)=O)C(=O)C[C@@H](CCCCNC(=O)COCC(=O)Nc1ccc(CCC(=O)N2CCC2=O)cc1)C(=O)C[C@@H](Cc1ccc([N+](=O)[O-])cc1)C(=O)CCC(N)=O. The lowest BCUT2D eigenvalue weighted by molar-refractivity contribution is -0.384. The normalized spacial score (nSPS) is 13.4. The summed E-state index contributed by atoms with van der Waals surface area (Å²) in [5, 5.41) is 24.4. The number of Topliss-reactive ketones (excluding diaryl/α,β-unsaturated/α-hetero) is 3. The van der Waals surface area contributed by atoms with Crippen molar-refractivity contribution in [3.05, 3.63) is 69.8 Å². The first-order valence-corrected chi connectivity index (χ1v) is 24.9. The van der Waals surface area contributed by atoms with Gasteiger partial charge < -0.3 is 42.8 Å². The number of nitrogens with one attached hydrogen (secondary N) is 5. The Morgan fingerprint density at radius 1 is 0.653 bits per heavy atom. The van der Waals surface area contributed by atoms with Gasteiger partial charge in [0.15, 0.2) is 5.78 Å². The molecule has 9 N–H and O–H groups in total. The lowest BCUT2D eigenvalue weighted by Crippen LogP contribution is -2.51. The number of carbonyl (C=O) groups excluding carboxylic acids is 12. The summed E-state index contributed by atoms with van der Waals surface area (Å²) < 4.78 is 5.29. The predicted molar refractivity (Wildman–Crippen MR) is 269 cm³/mol. The minimum Gasteiger partial charge on any atom is -0.370 e. The van der Waals surface area contributed by atoms with Crippen LogP contribution in [0.3, 0.4) is 0 Å². The van der Waals surface area contributed by atoms with Crippen LogP contribution in [-0.2, 0) is 75.1 Å². The molecule has 0 spiro atoms. The smallest absolute Gasteiger partial charge is 0.269 e. The second kappa shape index (κ2) is 32.4. The molecule has 1 heterocycles. The van der Waals surface area contributed by atoms with E-state index in [0.29, 0.717) is 49.9 Å². The van der Waals surface area contributed by atoms with Crippen LogP contribution in [0.1, 0.15) is 115 Å². The minimum absolute atomic E-state index is 0.0393. The highest BCUT2D eigenvalue weighted by Crippen LogP contribution is 2.25. The van der Waals surface area contributed by atoms with Crippen LogP contribution in [0, 0.1) is 22.0 Å². The zero-order valence-corrected chi connectivity index (χ0v) is 42.5. The Morgan fingerprint density at radius 2 is 1.27 bits per heavy atom. The molecule has 0 saturated carbocycles. The number of likely N-dealkylation sites (tertiary alicyclic amines) is 1. The van der Waals surface area contributed by atoms with Crippen molar-refractivity contribution in [1.29, 1.82) is 0 Å². The molecule has 1 saturated heterocycles. The van der Waals surface area contributed by atoms with Crippen molar-refractivity contribution in [3.63, 3.8) is 0 Å².